The minimum absolute atomic E-state index is 0.0614. The fourth-order valence-corrected chi connectivity index (χ4v) is 3.24. The smallest absolute Gasteiger partial charge is 0.249 e. The van der Waals surface area contributed by atoms with Crippen LogP contribution in [-0.2, 0) is 4.79 Å². The first kappa shape index (κ1) is 16.7. The summed E-state index contributed by atoms with van der Waals surface area (Å²) in [6, 6.07) is 9.72. The van der Waals surface area contributed by atoms with Gasteiger partial charge in [0.25, 0.3) is 0 Å². The van der Waals surface area contributed by atoms with Crippen molar-refractivity contribution in [1.29, 1.82) is 0 Å². The molecule has 1 aromatic carbocycles. The first-order valence-electron chi connectivity index (χ1n) is 8.98. The van der Waals surface area contributed by atoms with Crippen molar-refractivity contribution in [2.24, 2.45) is 0 Å². The number of hydrogen-bond acceptors (Lipinski definition) is 4. The van der Waals surface area contributed by atoms with Gasteiger partial charge in [0.1, 0.15) is 6.04 Å². The van der Waals surface area contributed by atoms with Crippen molar-refractivity contribution in [1.82, 2.24) is 15.0 Å². The Morgan fingerprint density at radius 2 is 2.08 bits per heavy atom. The van der Waals surface area contributed by atoms with Crippen LogP contribution in [0.3, 0.4) is 0 Å². The highest BCUT2D eigenvalue weighted by atomic mass is 16.5. The van der Waals surface area contributed by atoms with E-state index in [1.54, 1.807) is 0 Å². The van der Waals surface area contributed by atoms with E-state index in [1.807, 2.05) is 35.2 Å². The van der Waals surface area contributed by atoms with Gasteiger partial charge in [-0.25, -0.2) is 0 Å². The van der Waals surface area contributed by atoms with Crippen molar-refractivity contribution in [2.45, 2.75) is 57.9 Å². The van der Waals surface area contributed by atoms with E-state index < -0.39 is 0 Å². The summed E-state index contributed by atoms with van der Waals surface area (Å²) in [6.07, 6.45) is 6.99. The van der Waals surface area contributed by atoms with E-state index in [9.17, 15) is 4.79 Å². The average molecular weight is 327 g/mol. The Balaban J connectivity index is 1.65. The molecule has 1 saturated heterocycles. The SMILES string of the molecule is CCCCCCC(=O)N1CCCC1c1nc(-c2ccccc2)no1. The second-order valence-electron chi connectivity index (χ2n) is 6.38. The molecule has 2 heterocycles. The quantitative estimate of drug-likeness (QED) is 0.709. The Morgan fingerprint density at radius 1 is 1.25 bits per heavy atom. The van der Waals surface area contributed by atoms with E-state index in [0.29, 0.717) is 18.1 Å². The Hall–Kier alpha value is -2.17. The molecule has 1 unspecified atom stereocenters. The number of carbonyl (C=O) groups excluding carboxylic acids is 1. The number of hydrogen-bond donors (Lipinski definition) is 0. The lowest BCUT2D eigenvalue weighted by molar-refractivity contribution is -0.132. The maximum absolute atomic E-state index is 12.5. The summed E-state index contributed by atoms with van der Waals surface area (Å²) >= 11 is 0. The lowest BCUT2D eigenvalue weighted by Crippen LogP contribution is -2.30. The predicted molar refractivity (Wildman–Crippen MR) is 92.2 cm³/mol. The van der Waals surface area contributed by atoms with Gasteiger partial charge < -0.3 is 9.42 Å². The van der Waals surface area contributed by atoms with E-state index in [1.165, 1.54) is 12.8 Å². The van der Waals surface area contributed by atoms with Gasteiger partial charge in [-0.2, -0.15) is 4.98 Å². The molecule has 1 aliphatic rings. The second-order valence-corrected chi connectivity index (χ2v) is 6.38. The molecule has 0 spiro atoms. The third kappa shape index (κ3) is 3.83. The van der Waals surface area contributed by atoms with Crippen LogP contribution in [0, 0.1) is 0 Å². The number of amides is 1. The van der Waals surface area contributed by atoms with Crippen molar-refractivity contribution in [3.8, 4) is 11.4 Å². The molecule has 1 aliphatic heterocycles. The Kier molecular flexibility index (Phi) is 5.62. The highest BCUT2D eigenvalue weighted by Gasteiger charge is 2.33. The van der Waals surface area contributed by atoms with Crippen LogP contribution in [0.5, 0.6) is 0 Å². The van der Waals surface area contributed by atoms with Gasteiger partial charge in [-0.1, -0.05) is 61.7 Å². The highest BCUT2D eigenvalue weighted by Crippen LogP contribution is 2.32. The van der Waals surface area contributed by atoms with Gasteiger partial charge in [0, 0.05) is 18.5 Å². The lowest BCUT2D eigenvalue weighted by Gasteiger charge is -2.21. The van der Waals surface area contributed by atoms with Crippen LogP contribution >= 0.6 is 0 Å². The number of carbonyl (C=O) groups is 1. The largest absolute Gasteiger partial charge is 0.337 e. The van der Waals surface area contributed by atoms with Crippen molar-refractivity contribution in [3.63, 3.8) is 0 Å². The molecule has 2 aromatic rings. The van der Waals surface area contributed by atoms with Crippen LogP contribution in [0.1, 0.15) is 63.8 Å². The predicted octanol–water partition coefficient (Wildman–Crippen LogP) is 4.37. The number of aromatic nitrogens is 2. The van der Waals surface area contributed by atoms with Crippen LogP contribution in [0.2, 0.25) is 0 Å². The van der Waals surface area contributed by atoms with Gasteiger partial charge in [0.05, 0.1) is 0 Å². The topological polar surface area (TPSA) is 59.2 Å². The summed E-state index contributed by atoms with van der Waals surface area (Å²) in [6.45, 7) is 2.97. The molecule has 5 heteroatoms. The van der Waals surface area contributed by atoms with Gasteiger partial charge in [0.15, 0.2) is 0 Å². The van der Waals surface area contributed by atoms with Crippen molar-refractivity contribution in [3.05, 3.63) is 36.2 Å². The lowest BCUT2D eigenvalue weighted by atomic mass is 10.1. The zero-order valence-electron chi connectivity index (χ0n) is 14.3. The van der Waals surface area contributed by atoms with E-state index in [2.05, 4.69) is 17.1 Å². The molecule has 24 heavy (non-hydrogen) atoms. The van der Waals surface area contributed by atoms with Gasteiger partial charge in [0.2, 0.25) is 17.6 Å². The molecular formula is C19H25N3O2. The third-order valence-electron chi connectivity index (χ3n) is 4.58. The zero-order valence-corrected chi connectivity index (χ0v) is 14.3. The molecule has 0 radical (unpaired) electrons. The molecule has 0 saturated carbocycles. The van der Waals surface area contributed by atoms with Crippen molar-refractivity contribution < 1.29 is 9.32 Å². The van der Waals surface area contributed by atoms with E-state index in [4.69, 9.17) is 4.52 Å². The Morgan fingerprint density at radius 3 is 2.88 bits per heavy atom. The number of rotatable bonds is 7. The summed E-state index contributed by atoms with van der Waals surface area (Å²) in [5, 5.41) is 4.09. The normalized spacial score (nSPS) is 17.4. The zero-order chi connectivity index (χ0) is 16.8. The summed E-state index contributed by atoms with van der Waals surface area (Å²) in [5.74, 6) is 1.37. The molecule has 5 nitrogen and oxygen atoms in total. The molecule has 1 amide bonds. The molecule has 0 aliphatic carbocycles. The number of unbranched alkanes of at least 4 members (excludes halogenated alkanes) is 3. The monoisotopic (exact) mass is 327 g/mol. The fourth-order valence-electron chi connectivity index (χ4n) is 3.24. The first-order chi connectivity index (χ1) is 11.8. The first-order valence-corrected chi connectivity index (χ1v) is 8.98. The Labute approximate surface area is 143 Å². The second kappa shape index (κ2) is 8.08. The maximum Gasteiger partial charge on any atom is 0.249 e. The molecule has 1 fully saturated rings. The van der Waals surface area contributed by atoms with E-state index in [0.717, 1.165) is 37.8 Å². The van der Waals surface area contributed by atoms with Gasteiger partial charge in [-0.15, -0.1) is 0 Å². The standard InChI is InChI=1S/C19H25N3O2/c1-2-3-4-8-13-17(23)22-14-9-12-16(22)19-20-18(21-24-19)15-10-6-5-7-11-15/h5-7,10-11,16H,2-4,8-9,12-14H2,1H3. The van der Waals surface area contributed by atoms with Crippen LogP contribution < -0.4 is 0 Å². The fraction of sp³-hybridized carbons (Fsp3) is 0.526. The van der Waals surface area contributed by atoms with Crippen molar-refractivity contribution in [2.75, 3.05) is 6.54 Å². The number of likely N-dealkylation sites (tertiary alicyclic amines) is 1. The Bertz CT molecular complexity index is 654. The van der Waals surface area contributed by atoms with Gasteiger partial charge >= 0.3 is 0 Å². The average Bonchev–Trinajstić information content (AvgIpc) is 3.28. The molecule has 1 atom stereocenters. The van der Waals surface area contributed by atoms with Crippen LogP contribution in [0.4, 0.5) is 0 Å². The molecule has 128 valence electrons. The van der Waals surface area contributed by atoms with Crippen LogP contribution in [0.15, 0.2) is 34.9 Å². The molecule has 0 N–H and O–H groups in total. The van der Waals surface area contributed by atoms with Crippen LogP contribution in [0.25, 0.3) is 11.4 Å². The summed E-state index contributed by atoms with van der Waals surface area (Å²) in [5.41, 5.74) is 0.933. The van der Waals surface area contributed by atoms with Gasteiger partial charge in [-0.05, 0) is 19.3 Å². The van der Waals surface area contributed by atoms with E-state index >= 15 is 0 Å². The van der Waals surface area contributed by atoms with Crippen LogP contribution in [-0.4, -0.2) is 27.5 Å². The summed E-state index contributed by atoms with van der Waals surface area (Å²) < 4.78 is 5.47. The molecule has 3 rings (SSSR count). The summed E-state index contributed by atoms with van der Waals surface area (Å²) in [7, 11) is 0. The summed E-state index contributed by atoms with van der Waals surface area (Å²) in [4.78, 5) is 19.0. The maximum atomic E-state index is 12.5. The van der Waals surface area contributed by atoms with E-state index in [-0.39, 0.29) is 11.9 Å². The molecule has 0 bridgehead atoms. The van der Waals surface area contributed by atoms with Crippen molar-refractivity contribution >= 4 is 5.91 Å². The molecule has 1 aromatic heterocycles. The molecular weight excluding hydrogens is 302 g/mol. The minimum atomic E-state index is -0.0614. The van der Waals surface area contributed by atoms with Gasteiger partial charge in [-0.3, -0.25) is 4.79 Å². The number of nitrogens with zero attached hydrogens (tertiary/aromatic N) is 3. The third-order valence-corrected chi connectivity index (χ3v) is 4.58. The highest BCUT2D eigenvalue weighted by molar-refractivity contribution is 5.76. The minimum Gasteiger partial charge on any atom is -0.337 e. The number of benzene rings is 1.